The first kappa shape index (κ1) is 17.8. The van der Waals surface area contributed by atoms with Gasteiger partial charge in [-0.1, -0.05) is 49.4 Å². The third-order valence-electron chi connectivity index (χ3n) is 3.77. The highest BCUT2D eigenvalue weighted by molar-refractivity contribution is 5.94. The van der Waals surface area contributed by atoms with Crippen LogP contribution < -0.4 is 10.1 Å². The van der Waals surface area contributed by atoms with Crippen LogP contribution in [0.2, 0.25) is 0 Å². The summed E-state index contributed by atoms with van der Waals surface area (Å²) in [5.41, 5.74) is 3.86. The molecule has 3 nitrogen and oxygen atoms in total. The topological polar surface area (TPSA) is 38.3 Å². The second kappa shape index (κ2) is 8.34. The molecule has 1 amide bonds. The van der Waals surface area contributed by atoms with E-state index in [1.165, 1.54) is 5.56 Å². The Labute approximate surface area is 144 Å². The van der Waals surface area contributed by atoms with Crippen LogP contribution in [-0.4, -0.2) is 12.5 Å². The Bertz CT molecular complexity index is 704. The van der Waals surface area contributed by atoms with Crippen molar-refractivity contribution in [3.05, 3.63) is 77.4 Å². The number of carbonyl (C=O) groups is 1. The third kappa shape index (κ3) is 4.98. The summed E-state index contributed by atoms with van der Waals surface area (Å²) in [5, 5.41) is 3.10. The van der Waals surface area contributed by atoms with E-state index in [0.29, 0.717) is 17.9 Å². The van der Waals surface area contributed by atoms with Gasteiger partial charge in [0.25, 0.3) is 5.91 Å². The number of amides is 1. The zero-order chi connectivity index (χ0) is 17.5. The van der Waals surface area contributed by atoms with E-state index >= 15 is 0 Å². The molecule has 0 radical (unpaired) electrons. The standard InChI is InChI=1S/C21H25NO2/c1-5-20(17-11-9-16(4)10-12-17)22-21(23)18-7-6-8-19(13-18)24-14-15(2)3/h6-13,20H,2,5,14H2,1,3-4H3,(H,22,23). The second-order valence-electron chi connectivity index (χ2n) is 6.12. The van der Waals surface area contributed by atoms with Gasteiger partial charge in [0.2, 0.25) is 0 Å². The lowest BCUT2D eigenvalue weighted by Crippen LogP contribution is -2.28. The largest absolute Gasteiger partial charge is 0.489 e. The zero-order valence-corrected chi connectivity index (χ0v) is 14.6. The molecule has 1 N–H and O–H groups in total. The van der Waals surface area contributed by atoms with Gasteiger partial charge in [0, 0.05) is 5.56 Å². The summed E-state index contributed by atoms with van der Waals surface area (Å²) < 4.78 is 5.61. The molecule has 0 aromatic heterocycles. The summed E-state index contributed by atoms with van der Waals surface area (Å²) in [4.78, 5) is 12.6. The molecule has 0 aliphatic carbocycles. The van der Waals surface area contributed by atoms with Gasteiger partial charge in [0.05, 0.1) is 6.04 Å². The molecule has 0 heterocycles. The van der Waals surface area contributed by atoms with E-state index in [1.54, 1.807) is 12.1 Å². The summed E-state index contributed by atoms with van der Waals surface area (Å²) in [7, 11) is 0. The zero-order valence-electron chi connectivity index (χ0n) is 14.6. The lowest BCUT2D eigenvalue weighted by molar-refractivity contribution is 0.0935. The maximum atomic E-state index is 12.6. The molecule has 0 aliphatic rings. The van der Waals surface area contributed by atoms with Gasteiger partial charge in [0.15, 0.2) is 0 Å². The molecule has 1 atom stereocenters. The fourth-order valence-electron chi connectivity index (χ4n) is 2.40. The summed E-state index contributed by atoms with van der Waals surface area (Å²) in [5.74, 6) is 0.581. The number of nitrogens with one attached hydrogen (secondary N) is 1. The van der Waals surface area contributed by atoms with Crippen molar-refractivity contribution in [2.45, 2.75) is 33.2 Å². The minimum absolute atomic E-state index is 0.00176. The van der Waals surface area contributed by atoms with Crippen LogP contribution >= 0.6 is 0 Å². The molecule has 2 aromatic rings. The van der Waals surface area contributed by atoms with Gasteiger partial charge < -0.3 is 10.1 Å². The molecular formula is C21H25NO2. The summed E-state index contributed by atoms with van der Waals surface area (Å²) in [6, 6.07) is 15.5. The van der Waals surface area contributed by atoms with Crippen LogP contribution in [0.4, 0.5) is 0 Å². The molecule has 126 valence electrons. The molecule has 0 spiro atoms. The van der Waals surface area contributed by atoms with Gasteiger partial charge in [-0.3, -0.25) is 4.79 Å². The minimum atomic E-state index is -0.0943. The fraction of sp³-hybridized carbons (Fsp3) is 0.286. The highest BCUT2D eigenvalue weighted by Crippen LogP contribution is 2.19. The number of aryl methyl sites for hydroxylation is 1. The van der Waals surface area contributed by atoms with Crippen LogP contribution in [0.3, 0.4) is 0 Å². The number of hydrogen-bond donors (Lipinski definition) is 1. The average Bonchev–Trinajstić information content (AvgIpc) is 2.59. The number of ether oxygens (including phenoxy) is 1. The maximum Gasteiger partial charge on any atom is 0.251 e. The first-order chi connectivity index (χ1) is 11.5. The van der Waals surface area contributed by atoms with Crippen molar-refractivity contribution in [2.75, 3.05) is 6.61 Å². The van der Waals surface area contributed by atoms with Gasteiger partial charge >= 0.3 is 0 Å². The first-order valence-electron chi connectivity index (χ1n) is 8.24. The normalized spacial score (nSPS) is 11.6. The van der Waals surface area contributed by atoms with E-state index in [2.05, 4.69) is 50.0 Å². The van der Waals surface area contributed by atoms with E-state index < -0.39 is 0 Å². The summed E-state index contributed by atoms with van der Waals surface area (Å²) in [6.45, 7) is 10.3. The van der Waals surface area contributed by atoms with Crippen LogP contribution in [0.5, 0.6) is 5.75 Å². The Morgan fingerprint density at radius 3 is 2.54 bits per heavy atom. The summed E-state index contributed by atoms with van der Waals surface area (Å²) in [6.07, 6.45) is 0.834. The Hall–Kier alpha value is -2.55. The smallest absolute Gasteiger partial charge is 0.251 e. The van der Waals surface area contributed by atoms with E-state index in [0.717, 1.165) is 17.6 Å². The van der Waals surface area contributed by atoms with Crippen molar-refractivity contribution in [1.82, 2.24) is 5.32 Å². The highest BCUT2D eigenvalue weighted by atomic mass is 16.5. The van der Waals surface area contributed by atoms with Crippen molar-refractivity contribution in [1.29, 1.82) is 0 Å². The molecule has 24 heavy (non-hydrogen) atoms. The lowest BCUT2D eigenvalue weighted by atomic mass is 10.0. The van der Waals surface area contributed by atoms with Crippen molar-refractivity contribution in [3.63, 3.8) is 0 Å². The van der Waals surface area contributed by atoms with Gasteiger partial charge in [-0.15, -0.1) is 0 Å². The molecule has 0 bridgehead atoms. The Balaban J connectivity index is 2.08. The van der Waals surface area contributed by atoms with Gasteiger partial charge in [0.1, 0.15) is 12.4 Å². The maximum absolute atomic E-state index is 12.6. The molecule has 0 aliphatic heterocycles. The number of benzene rings is 2. The fourth-order valence-corrected chi connectivity index (χ4v) is 2.40. The average molecular weight is 323 g/mol. The van der Waals surface area contributed by atoms with E-state index in [9.17, 15) is 4.79 Å². The summed E-state index contributed by atoms with van der Waals surface area (Å²) >= 11 is 0. The molecule has 2 rings (SSSR count). The van der Waals surface area contributed by atoms with E-state index in [-0.39, 0.29) is 11.9 Å². The van der Waals surface area contributed by atoms with Crippen molar-refractivity contribution in [2.24, 2.45) is 0 Å². The minimum Gasteiger partial charge on any atom is -0.489 e. The molecule has 0 saturated heterocycles. The van der Waals surface area contributed by atoms with Gasteiger partial charge in [-0.2, -0.15) is 0 Å². The van der Waals surface area contributed by atoms with Crippen LogP contribution in [0.1, 0.15) is 47.8 Å². The predicted molar refractivity (Wildman–Crippen MR) is 98.4 cm³/mol. The molecule has 1 unspecified atom stereocenters. The molecule has 2 aromatic carbocycles. The number of carbonyl (C=O) groups excluding carboxylic acids is 1. The highest BCUT2D eigenvalue weighted by Gasteiger charge is 2.14. The lowest BCUT2D eigenvalue weighted by Gasteiger charge is -2.18. The van der Waals surface area contributed by atoms with Gasteiger partial charge in [-0.05, 0) is 49.6 Å². The van der Waals surface area contributed by atoms with E-state index in [1.807, 2.05) is 19.1 Å². The molecular weight excluding hydrogens is 298 g/mol. The predicted octanol–water partition coefficient (Wildman–Crippen LogP) is 4.83. The number of hydrogen-bond acceptors (Lipinski definition) is 2. The first-order valence-corrected chi connectivity index (χ1v) is 8.24. The number of rotatable bonds is 7. The SMILES string of the molecule is C=C(C)COc1cccc(C(=O)NC(CC)c2ccc(C)cc2)c1. The third-order valence-corrected chi connectivity index (χ3v) is 3.77. The van der Waals surface area contributed by atoms with Gasteiger partial charge in [-0.25, -0.2) is 0 Å². The monoisotopic (exact) mass is 323 g/mol. The second-order valence-corrected chi connectivity index (χ2v) is 6.12. The van der Waals surface area contributed by atoms with Crippen LogP contribution in [0, 0.1) is 6.92 Å². The molecule has 0 fully saturated rings. The Morgan fingerprint density at radius 1 is 1.21 bits per heavy atom. The van der Waals surface area contributed by atoms with Crippen molar-refractivity contribution in [3.8, 4) is 5.75 Å². The Kier molecular flexibility index (Phi) is 6.19. The molecule has 3 heteroatoms. The van der Waals surface area contributed by atoms with Crippen LogP contribution in [0.15, 0.2) is 60.7 Å². The van der Waals surface area contributed by atoms with Crippen molar-refractivity contribution < 1.29 is 9.53 Å². The van der Waals surface area contributed by atoms with Crippen LogP contribution in [-0.2, 0) is 0 Å². The van der Waals surface area contributed by atoms with Crippen molar-refractivity contribution >= 4 is 5.91 Å². The quantitative estimate of drug-likeness (QED) is 0.741. The molecule has 0 saturated carbocycles. The Morgan fingerprint density at radius 2 is 1.92 bits per heavy atom. The van der Waals surface area contributed by atoms with E-state index in [4.69, 9.17) is 4.74 Å². The van der Waals surface area contributed by atoms with Crippen LogP contribution in [0.25, 0.3) is 0 Å².